The fourth-order valence-electron chi connectivity index (χ4n) is 4.63. The second kappa shape index (κ2) is 9.62. The Labute approximate surface area is 184 Å². The molecule has 166 valence electrons. The molecule has 0 spiro atoms. The number of ether oxygens (including phenoxy) is 3. The van der Waals surface area contributed by atoms with E-state index >= 15 is 0 Å². The van der Waals surface area contributed by atoms with Gasteiger partial charge in [0.1, 0.15) is 0 Å². The molecule has 0 bridgehead atoms. The van der Waals surface area contributed by atoms with Crippen LogP contribution in [0.15, 0.2) is 18.2 Å². The highest BCUT2D eigenvalue weighted by atomic mass is 35.5. The Hall–Kier alpha value is -1.70. The molecule has 0 unspecified atom stereocenters. The van der Waals surface area contributed by atoms with Crippen molar-refractivity contribution in [2.24, 2.45) is 5.92 Å². The summed E-state index contributed by atoms with van der Waals surface area (Å²) in [5, 5.41) is 0. The van der Waals surface area contributed by atoms with E-state index in [4.69, 9.17) is 14.2 Å². The number of hydrogen-bond donors (Lipinski definition) is 0. The third-order valence-corrected chi connectivity index (χ3v) is 6.60. The molecule has 1 aromatic rings. The highest BCUT2D eigenvalue weighted by molar-refractivity contribution is 5.85. The summed E-state index contributed by atoms with van der Waals surface area (Å²) in [6, 6.07) is 6.54. The lowest BCUT2D eigenvalue weighted by molar-refractivity contribution is -0.135. The van der Waals surface area contributed by atoms with Gasteiger partial charge in [0, 0.05) is 63.0 Å². The van der Waals surface area contributed by atoms with Crippen LogP contribution in [0.25, 0.3) is 0 Å². The van der Waals surface area contributed by atoms with Gasteiger partial charge in [0.2, 0.25) is 12.7 Å². The summed E-state index contributed by atoms with van der Waals surface area (Å²) in [5.41, 5.74) is 1.18. The number of fused-ring (bicyclic) bond motifs is 1. The number of carbonyl (C=O) groups excluding carboxylic acids is 1. The van der Waals surface area contributed by atoms with Gasteiger partial charge in [-0.2, -0.15) is 0 Å². The number of halogens is 1. The van der Waals surface area contributed by atoms with Crippen molar-refractivity contribution in [2.75, 3.05) is 64.2 Å². The van der Waals surface area contributed by atoms with Gasteiger partial charge < -0.3 is 24.0 Å². The Morgan fingerprint density at radius 2 is 1.73 bits per heavy atom. The van der Waals surface area contributed by atoms with Crippen molar-refractivity contribution >= 4 is 24.0 Å². The normalized spacial score (nSPS) is 21.9. The molecule has 0 N–H and O–H groups in total. The van der Waals surface area contributed by atoms with Gasteiger partial charge >= 0.3 is 0 Å². The average molecular weight is 438 g/mol. The Bertz CT molecular complexity index is 731. The van der Waals surface area contributed by atoms with E-state index in [0.29, 0.717) is 18.7 Å². The lowest BCUT2D eigenvalue weighted by Crippen LogP contribution is -2.51. The Morgan fingerprint density at radius 3 is 2.47 bits per heavy atom. The molecule has 0 radical (unpaired) electrons. The third kappa shape index (κ3) is 4.79. The molecule has 30 heavy (non-hydrogen) atoms. The quantitative estimate of drug-likeness (QED) is 0.681. The summed E-state index contributed by atoms with van der Waals surface area (Å²) in [6.45, 7) is 7.64. The summed E-state index contributed by atoms with van der Waals surface area (Å²) in [6.07, 6.45) is 4.19. The van der Waals surface area contributed by atoms with Gasteiger partial charge in [-0.3, -0.25) is 9.69 Å². The summed E-state index contributed by atoms with van der Waals surface area (Å²) in [7, 11) is 0. The number of benzene rings is 1. The average Bonchev–Trinajstić information content (AvgIpc) is 3.52. The second-order valence-corrected chi connectivity index (χ2v) is 8.52. The number of amides is 1. The molecule has 1 saturated carbocycles. The SMILES string of the molecule is Cl.O=C(C1CC1)N(CCN1CCOCC1)C1CCN(c2ccc3c(c2)OCO3)CC1. The van der Waals surface area contributed by atoms with E-state index in [1.165, 1.54) is 5.69 Å². The molecule has 3 aliphatic heterocycles. The van der Waals surface area contributed by atoms with Gasteiger partial charge in [-0.05, 0) is 37.8 Å². The zero-order valence-corrected chi connectivity index (χ0v) is 18.3. The maximum absolute atomic E-state index is 13.0. The molecule has 2 saturated heterocycles. The topological polar surface area (TPSA) is 54.5 Å². The number of rotatable bonds is 6. The molecule has 4 aliphatic rings. The largest absolute Gasteiger partial charge is 0.454 e. The summed E-state index contributed by atoms with van der Waals surface area (Å²) < 4.78 is 16.4. The van der Waals surface area contributed by atoms with Crippen LogP contribution in [0.1, 0.15) is 25.7 Å². The first-order valence-corrected chi connectivity index (χ1v) is 11.0. The van der Waals surface area contributed by atoms with Crippen LogP contribution >= 0.6 is 12.4 Å². The van der Waals surface area contributed by atoms with Gasteiger partial charge in [0.05, 0.1) is 13.2 Å². The van der Waals surface area contributed by atoms with E-state index < -0.39 is 0 Å². The third-order valence-electron chi connectivity index (χ3n) is 6.60. The maximum atomic E-state index is 13.0. The van der Waals surface area contributed by atoms with Crippen molar-refractivity contribution < 1.29 is 19.0 Å². The van der Waals surface area contributed by atoms with Gasteiger partial charge in [-0.15, -0.1) is 12.4 Å². The van der Waals surface area contributed by atoms with Crippen LogP contribution in [0.4, 0.5) is 5.69 Å². The smallest absolute Gasteiger partial charge is 0.231 e. The number of hydrogen-bond acceptors (Lipinski definition) is 6. The van der Waals surface area contributed by atoms with Crippen LogP contribution in [0.5, 0.6) is 11.5 Å². The van der Waals surface area contributed by atoms with E-state index in [-0.39, 0.29) is 18.3 Å². The molecule has 7 nitrogen and oxygen atoms in total. The molecule has 1 aromatic carbocycles. The van der Waals surface area contributed by atoms with Crippen LogP contribution < -0.4 is 14.4 Å². The van der Waals surface area contributed by atoms with E-state index in [1.54, 1.807) is 0 Å². The predicted molar refractivity (Wildman–Crippen MR) is 117 cm³/mol. The molecule has 0 atom stereocenters. The van der Waals surface area contributed by atoms with Crippen molar-refractivity contribution in [1.82, 2.24) is 9.80 Å². The number of anilines is 1. The Morgan fingerprint density at radius 1 is 1.00 bits per heavy atom. The zero-order valence-electron chi connectivity index (χ0n) is 17.5. The van der Waals surface area contributed by atoms with Crippen LogP contribution in [0.3, 0.4) is 0 Å². The molecular formula is C22H32ClN3O4. The first-order valence-electron chi connectivity index (χ1n) is 11.0. The van der Waals surface area contributed by atoms with E-state index in [2.05, 4.69) is 26.8 Å². The van der Waals surface area contributed by atoms with Crippen LogP contribution in [0, 0.1) is 5.92 Å². The molecule has 3 fully saturated rings. The summed E-state index contributed by atoms with van der Waals surface area (Å²) in [4.78, 5) is 20.0. The van der Waals surface area contributed by atoms with E-state index in [9.17, 15) is 4.79 Å². The minimum absolute atomic E-state index is 0. The van der Waals surface area contributed by atoms with E-state index in [0.717, 1.165) is 89.7 Å². The summed E-state index contributed by atoms with van der Waals surface area (Å²) >= 11 is 0. The Kier molecular flexibility index (Phi) is 6.91. The van der Waals surface area contributed by atoms with Crippen molar-refractivity contribution in [2.45, 2.75) is 31.7 Å². The van der Waals surface area contributed by atoms with Gasteiger partial charge in [0.15, 0.2) is 11.5 Å². The maximum Gasteiger partial charge on any atom is 0.231 e. The van der Waals surface area contributed by atoms with Crippen LogP contribution in [-0.4, -0.2) is 81.0 Å². The van der Waals surface area contributed by atoms with E-state index in [1.807, 2.05) is 6.07 Å². The monoisotopic (exact) mass is 437 g/mol. The number of nitrogens with zero attached hydrogens (tertiary/aromatic N) is 3. The number of morpholine rings is 1. The van der Waals surface area contributed by atoms with Gasteiger partial charge in [-0.1, -0.05) is 0 Å². The molecule has 1 amide bonds. The minimum Gasteiger partial charge on any atom is -0.454 e. The number of piperidine rings is 1. The molecule has 8 heteroatoms. The lowest BCUT2D eigenvalue weighted by atomic mass is 10.0. The minimum atomic E-state index is 0. The van der Waals surface area contributed by atoms with Gasteiger partial charge in [-0.25, -0.2) is 0 Å². The van der Waals surface area contributed by atoms with Crippen molar-refractivity contribution in [3.63, 3.8) is 0 Å². The van der Waals surface area contributed by atoms with Crippen molar-refractivity contribution in [3.8, 4) is 11.5 Å². The highest BCUT2D eigenvalue weighted by Gasteiger charge is 2.37. The molecule has 1 aliphatic carbocycles. The fourth-order valence-corrected chi connectivity index (χ4v) is 4.63. The second-order valence-electron chi connectivity index (χ2n) is 8.52. The first kappa shape index (κ1) is 21.5. The summed E-state index contributed by atoms with van der Waals surface area (Å²) in [5.74, 6) is 2.33. The molecule has 0 aromatic heterocycles. The van der Waals surface area contributed by atoms with Crippen molar-refractivity contribution in [1.29, 1.82) is 0 Å². The molecular weight excluding hydrogens is 406 g/mol. The molecule has 5 rings (SSSR count). The predicted octanol–water partition coefficient (Wildman–Crippen LogP) is 2.38. The Balaban J connectivity index is 0.00000218. The lowest BCUT2D eigenvalue weighted by Gasteiger charge is -2.40. The van der Waals surface area contributed by atoms with Crippen LogP contribution in [0.2, 0.25) is 0 Å². The van der Waals surface area contributed by atoms with Gasteiger partial charge in [0.25, 0.3) is 0 Å². The molecule has 3 heterocycles. The fraction of sp³-hybridized carbons (Fsp3) is 0.682. The zero-order chi connectivity index (χ0) is 19.6. The number of carbonyl (C=O) groups is 1. The first-order chi connectivity index (χ1) is 14.3. The van der Waals surface area contributed by atoms with Crippen molar-refractivity contribution in [3.05, 3.63) is 18.2 Å². The standard InChI is InChI=1S/C22H31N3O4.ClH/c26-22(17-1-2-17)25(10-9-23-11-13-27-14-12-23)18-5-7-24(8-6-18)19-3-4-20-21(15-19)29-16-28-20;/h3-4,15,17-18H,1-2,5-14,16H2;1H. The van der Waals surface area contributed by atoms with Crippen LogP contribution in [-0.2, 0) is 9.53 Å². The highest BCUT2D eigenvalue weighted by Crippen LogP contribution is 2.37.